The van der Waals surface area contributed by atoms with E-state index in [0.29, 0.717) is 6.04 Å². The molecule has 1 fully saturated rings. The first-order chi connectivity index (χ1) is 3.72. The quantitative estimate of drug-likeness (QED) is 0.345. The molecule has 0 bridgehead atoms. The molecule has 1 heterocycles. The molecule has 0 aromatic carbocycles. The standard InChI is InChI=1S/C5H9BClN/c1-4-5(7)2-3-8(4)6/h4-5H,2-3H2,1H3. The molecule has 1 aliphatic rings. The van der Waals surface area contributed by atoms with Crippen LogP contribution in [0.3, 0.4) is 0 Å². The van der Waals surface area contributed by atoms with Crippen LogP contribution in [0.5, 0.6) is 0 Å². The predicted octanol–water partition coefficient (Wildman–Crippen LogP) is 0.772. The maximum Gasteiger partial charge on any atom is 0.182 e. The van der Waals surface area contributed by atoms with Crippen LogP contribution in [0.25, 0.3) is 0 Å². The smallest absolute Gasteiger partial charge is 0.182 e. The van der Waals surface area contributed by atoms with E-state index in [2.05, 4.69) is 0 Å². The van der Waals surface area contributed by atoms with Crippen LogP contribution in [0, 0.1) is 0 Å². The van der Waals surface area contributed by atoms with Gasteiger partial charge in [-0.3, -0.25) is 0 Å². The Kier molecular flexibility index (Phi) is 1.83. The van der Waals surface area contributed by atoms with E-state index < -0.39 is 0 Å². The maximum absolute atomic E-state index is 5.84. The zero-order chi connectivity index (χ0) is 6.15. The molecule has 1 aliphatic heterocycles. The second-order valence-electron chi connectivity index (χ2n) is 2.28. The molecule has 0 saturated carbocycles. The lowest BCUT2D eigenvalue weighted by molar-refractivity contribution is 0.452. The van der Waals surface area contributed by atoms with Gasteiger partial charge in [0.2, 0.25) is 0 Å². The van der Waals surface area contributed by atoms with Gasteiger partial charge in [-0.2, -0.15) is 0 Å². The topological polar surface area (TPSA) is 3.24 Å². The number of rotatable bonds is 0. The summed E-state index contributed by atoms with van der Waals surface area (Å²) in [6.07, 6.45) is 1.03. The largest absolute Gasteiger partial charge is 0.350 e. The lowest BCUT2D eigenvalue weighted by atomic mass is 10.2. The average Bonchev–Trinajstić information content (AvgIpc) is 1.98. The Hall–Kier alpha value is 0.315. The van der Waals surface area contributed by atoms with Crippen LogP contribution in [0.4, 0.5) is 0 Å². The highest BCUT2D eigenvalue weighted by Gasteiger charge is 2.24. The first-order valence-corrected chi connectivity index (χ1v) is 3.31. The van der Waals surface area contributed by atoms with Crippen LogP contribution in [0.2, 0.25) is 0 Å². The predicted molar refractivity (Wildman–Crippen MR) is 36.2 cm³/mol. The third-order valence-corrected chi connectivity index (χ3v) is 2.29. The van der Waals surface area contributed by atoms with E-state index in [1.165, 1.54) is 0 Å². The molecule has 2 unspecified atom stereocenters. The second-order valence-corrected chi connectivity index (χ2v) is 2.84. The molecular weight excluding hydrogens is 120 g/mol. The van der Waals surface area contributed by atoms with Crippen molar-refractivity contribution in [2.24, 2.45) is 0 Å². The Bertz CT molecular complexity index is 78.5. The van der Waals surface area contributed by atoms with E-state index in [1.807, 2.05) is 6.92 Å². The summed E-state index contributed by atoms with van der Waals surface area (Å²) in [5.74, 6) is 0. The number of alkyl halides is 1. The molecule has 0 spiro atoms. The fraction of sp³-hybridized carbons (Fsp3) is 1.00. The normalized spacial score (nSPS) is 40.8. The van der Waals surface area contributed by atoms with Crippen molar-refractivity contribution in [2.75, 3.05) is 6.54 Å². The summed E-state index contributed by atoms with van der Waals surface area (Å²) in [6.45, 7) is 2.99. The van der Waals surface area contributed by atoms with Crippen molar-refractivity contribution in [3.05, 3.63) is 0 Å². The van der Waals surface area contributed by atoms with Crippen LogP contribution < -0.4 is 0 Å². The lowest BCUT2D eigenvalue weighted by Gasteiger charge is -2.15. The molecule has 2 radical (unpaired) electrons. The molecule has 0 amide bonds. The molecule has 1 nitrogen and oxygen atoms in total. The first-order valence-electron chi connectivity index (χ1n) is 2.87. The van der Waals surface area contributed by atoms with E-state index >= 15 is 0 Å². The Labute approximate surface area is 56.4 Å². The summed E-state index contributed by atoms with van der Waals surface area (Å²) in [6, 6.07) is 0.358. The molecule has 3 heteroatoms. The maximum atomic E-state index is 5.84. The van der Waals surface area contributed by atoms with E-state index in [0.717, 1.165) is 13.0 Å². The monoisotopic (exact) mass is 129 g/mol. The Morgan fingerprint density at radius 3 is 2.50 bits per heavy atom. The third kappa shape index (κ3) is 1.01. The van der Waals surface area contributed by atoms with Gasteiger partial charge in [0.25, 0.3) is 0 Å². The van der Waals surface area contributed by atoms with Gasteiger partial charge in [0.15, 0.2) is 7.98 Å². The van der Waals surface area contributed by atoms with E-state index in [9.17, 15) is 0 Å². The van der Waals surface area contributed by atoms with Crippen LogP contribution in [-0.2, 0) is 0 Å². The number of hydrogen-bond donors (Lipinski definition) is 0. The summed E-state index contributed by atoms with van der Waals surface area (Å²) < 4.78 is 0. The van der Waals surface area contributed by atoms with Gasteiger partial charge in [0, 0.05) is 11.4 Å². The van der Waals surface area contributed by atoms with Gasteiger partial charge in [-0.15, -0.1) is 11.6 Å². The Morgan fingerprint density at radius 2 is 2.38 bits per heavy atom. The second kappa shape index (κ2) is 2.28. The zero-order valence-electron chi connectivity index (χ0n) is 4.97. The summed E-state index contributed by atoms with van der Waals surface area (Å²) in [4.78, 5) is 1.79. The van der Waals surface area contributed by atoms with Crippen molar-refractivity contribution in [3.8, 4) is 0 Å². The highest BCUT2D eigenvalue weighted by molar-refractivity contribution is 6.21. The molecule has 8 heavy (non-hydrogen) atoms. The molecule has 0 aliphatic carbocycles. The van der Waals surface area contributed by atoms with E-state index in [-0.39, 0.29) is 5.38 Å². The molecule has 2 atom stereocenters. The summed E-state index contributed by atoms with van der Waals surface area (Å²) in [7, 11) is 5.52. The van der Waals surface area contributed by atoms with Crippen molar-refractivity contribution in [1.29, 1.82) is 0 Å². The van der Waals surface area contributed by atoms with Crippen LogP contribution in [0.15, 0.2) is 0 Å². The van der Waals surface area contributed by atoms with E-state index in [1.54, 1.807) is 4.81 Å². The fourth-order valence-corrected chi connectivity index (χ4v) is 1.17. The first kappa shape index (κ1) is 6.44. The minimum Gasteiger partial charge on any atom is -0.350 e. The minimum absolute atomic E-state index is 0.264. The molecular formula is C5H9BClN. The number of halogens is 1. The fourth-order valence-electron chi connectivity index (χ4n) is 0.925. The number of hydrogen-bond acceptors (Lipinski definition) is 1. The van der Waals surface area contributed by atoms with Crippen LogP contribution in [-0.4, -0.2) is 30.8 Å². The van der Waals surface area contributed by atoms with Crippen molar-refractivity contribution >= 4 is 19.6 Å². The van der Waals surface area contributed by atoms with Gasteiger partial charge in [0.1, 0.15) is 0 Å². The Morgan fingerprint density at radius 1 is 1.75 bits per heavy atom. The molecule has 0 N–H and O–H groups in total. The molecule has 1 saturated heterocycles. The van der Waals surface area contributed by atoms with Crippen molar-refractivity contribution in [1.82, 2.24) is 4.81 Å². The summed E-state index contributed by atoms with van der Waals surface area (Å²) >= 11 is 5.84. The summed E-state index contributed by atoms with van der Waals surface area (Å²) in [5, 5.41) is 0.264. The molecule has 0 aromatic rings. The third-order valence-electron chi connectivity index (χ3n) is 1.71. The van der Waals surface area contributed by atoms with Gasteiger partial charge in [-0.05, 0) is 19.9 Å². The van der Waals surface area contributed by atoms with Gasteiger partial charge < -0.3 is 4.81 Å². The van der Waals surface area contributed by atoms with Crippen molar-refractivity contribution in [3.63, 3.8) is 0 Å². The molecule has 1 rings (SSSR count). The summed E-state index contributed by atoms with van der Waals surface area (Å²) in [5.41, 5.74) is 0. The van der Waals surface area contributed by atoms with E-state index in [4.69, 9.17) is 19.6 Å². The average molecular weight is 129 g/mol. The van der Waals surface area contributed by atoms with Crippen LogP contribution in [0.1, 0.15) is 13.3 Å². The SMILES string of the molecule is [B]N1CCC(Cl)C1C. The minimum atomic E-state index is 0.264. The highest BCUT2D eigenvalue weighted by atomic mass is 35.5. The zero-order valence-corrected chi connectivity index (χ0v) is 5.73. The van der Waals surface area contributed by atoms with Gasteiger partial charge in [0.05, 0.1) is 0 Å². The Balaban J connectivity index is 2.44. The molecule has 0 aromatic heterocycles. The van der Waals surface area contributed by atoms with Crippen molar-refractivity contribution in [2.45, 2.75) is 24.8 Å². The van der Waals surface area contributed by atoms with Gasteiger partial charge in [-0.25, -0.2) is 0 Å². The highest BCUT2D eigenvalue weighted by Crippen LogP contribution is 2.19. The van der Waals surface area contributed by atoms with Gasteiger partial charge >= 0.3 is 0 Å². The van der Waals surface area contributed by atoms with Gasteiger partial charge in [-0.1, -0.05) is 0 Å². The lowest BCUT2D eigenvalue weighted by Crippen LogP contribution is -2.27. The number of nitrogens with zero attached hydrogens (tertiary/aromatic N) is 1. The van der Waals surface area contributed by atoms with Crippen LogP contribution >= 0.6 is 11.6 Å². The molecule has 44 valence electrons. The van der Waals surface area contributed by atoms with Crippen molar-refractivity contribution < 1.29 is 0 Å².